The maximum atomic E-state index is 12.3. The second-order valence-electron chi connectivity index (χ2n) is 6.57. The van der Waals surface area contributed by atoms with E-state index < -0.39 is 10.0 Å². The standard InChI is InChI=1S/C19H24N2O2S/c1-16-11-13-21(14-12-16)15-17-7-9-18(10-8-17)20-24(22,23)19-5-3-2-4-6-19/h2-10,16,20H,11-15H2,1H3. The first-order valence-corrected chi connectivity index (χ1v) is 9.90. The van der Waals surface area contributed by atoms with Crippen LogP contribution in [0.2, 0.25) is 0 Å². The number of rotatable bonds is 5. The summed E-state index contributed by atoms with van der Waals surface area (Å²) in [6.45, 7) is 5.52. The molecule has 0 atom stereocenters. The minimum atomic E-state index is -3.52. The van der Waals surface area contributed by atoms with Crippen LogP contribution in [0.5, 0.6) is 0 Å². The van der Waals surface area contributed by atoms with E-state index in [2.05, 4.69) is 16.5 Å². The van der Waals surface area contributed by atoms with Crippen molar-refractivity contribution in [3.8, 4) is 0 Å². The molecule has 1 saturated heterocycles. The van der Waals surface area contributed by atoms with Crippen LogP contribution in [0.25, 0.3) is 0 Å². The largest absolute Gasteiger partial charge is 0.299 e. The Labute approximate surface area is 144 Å². The molecule has 1 N–H and O–H groups in total. The second kappa shape index (κ2) is 7.36. The molecule has 0 spiro atoms. The molecule has 0 amide bonds. The van der Waals surface area contributed by atoms with E-state index in [0.717, 1.165) is 25.6 Å². The number of benzene rings is 2. The van der Waals surface area contributed by atoms with E-state index in [1.54, 1.807) is 30.3 Å². The van der Waals surface area contributed by atoms with E-state index in [4.69, 9.17) is 0 Å². The second-order valence-corrected chi connectivity index (χ2v) is 8.26. The lowest BCUT2D eigenvalue weighted by molar-refractivity contribution is 0.185. The molecule has 1 aliphatic rings. The molecule has 3 rings (SSSR count). The van der Waals surface area contributed by atoms with Gasteiger partial charge in [-0.2, -0.15) is 0 Å². The fourth-order valence-electron chi connectivity index (χ4n) is 2.97. The van der Waals surface area contributed by atoms with Crippen molar-refractivity contribution >= 4 is 15.7 Å². The lowest BCUT2D eigenvalue weighted by atomic mass is 9.99. The molecule has 5 heteroatoms. The van der Waals surface area contributed by atoms with Crippen LogP contribution in [0, 0.1) is 5.92 Å². The highest BCUT2D eigenvalue weighted by molar-refractivity contribution is 7.92. The number of nitrogens with zero attached hydrogens (tertiary/aromatic N) is 1. The highest BCUT2D eigenvalue weighted by Gasteiger charge is 2.16. The van der Waals surface area contributed by atoms with Crippen LogP contribution < -0.4 is 4.72 Å². The molecule has 0 saturated carbocycles. The fourth-order valence-corrected chi connectivity index (χ4v) is 4.05. The molecule has 128 valence electrons. The van der Waals surface area contributed by atoms with Gasteiger partial charge in [0.1, 0.15) is 0 Å². The van der Waals surface area contributed by atoms with Gasteiger partial charge in [-0.25, -0.2) is 8.42 Å². The Balaban J connectivity index is 1.62. The van der Waals surface area contributed by atoms with Crippen molar-refractivity contribution in [1.82, 2.24) is 4.90 Å². The van der Waals surface area contributed by atoms with Crippen molar-refractivity contribution in [2.24, 2.45) is 5.92 Å². The Morgan fingerprint density at radius 1 is 1.00 bits per heavy atom. The van der Waals surface area contributed by atoms with Crippen LogP contribution in [0.4, 0.5) is 5.69 Å². The van der Waals surface area contributed by atoms with Gasteiger partial charge in [0.25, 0.3) is 10.0 Å². The summed E-state index contributed by atoms with van der Waals surface area (Å²) in [5, 5.41) is 0. The van der Waals surface area contributed by atoms with Crippen molar-refractivity contribution < 1.29 is 8.42 Å². The summed E-state index contributed by atoms with van der Waals surface area (Å²) in [7, 11) is -3.52. The van der Waals surface area contributed by atoms with E-state index in [1.165, 1.54) is 18.4 Å². The highest BCUT2D eigenvalue weighted by Crippen LogP contribution is 2.20. The maximum absolute atomic E-state index is 12.3. The topological polar surface area (TPSA) is 49.4 Å². The molecule has 1 heterocycles. The average molecular weight is 344 g/mol. The van der Waals surface area contributed by atoms with Crippen molar-refractivity contribution in [1.29, 1.82) is 0 Å². The number of hydrogen-bond acceptors (Lipinski definition) is 3. The molecule has 1 aliphatic heterocycles. The van der Waals surface area contributed by atoms with Gasteiger partial charge in [0.2, 0.25) is 0 Å². The molecule has 1 fully saturated rings. The third-order valence-electron chi connectivity index (χ3n) is 4.54. The number of sulfonamides is 1. The first-order valence-electron chi connectivity index (χ1n) is 8.42. The first-order chi connectivity index (χ1) is 11.5. The fraction of sp³-hybridized carbons (Fsp3) is 0.368. The van der Waals surface area contributed by atoms with Gasteiger partial charge in [0, 0.05) is 12.2 Å². The smallest absolute Gasteiger partial charge is 0.261 e. The normalized spacial score (nSPS) is 16.9. The summed E-state index contributed by atoms with van der Waals surface area (Å²) in [6, 6.07) is 16.1. The summed E-state index contributed by atoms with van der Waals surface area (Å²) in [5.41, 5.74) is 1.81. The number of piperidine rings is 1. The van der Waals surface area contributed by atoms with E-state index >= 15 is 0 Å². The van der Waals surface area contributed by atoms with Gasteiger partial charge < -0.3 is 0 Å². The third kappa shape index (κ3) is 4.36. The van der Waals surface area contributed by atoms with Crippen LogP contribution >= 0.6 is 0 Å². The van der Waals surface area contributed by atoms with E-state index in [9.17, 15) is 8.42 Å². The van der Waals surface area contributed by atoms with Crippen molar-refractivity contribution in [3.63, 3.8) is 0 Å². The zero-order valence-electron chi connectivity index (χ0n) is 14.0. The predicted octanol–water partition coefficient (Wildman–Crippen LogP) is 3.72. The van der Waals surface area contributed by atoms with Gasteiger partial charge in [-0.05, 0) is 61.7 Å². The zero-order chi connectivity index (χ0) is 17.0. The molecule has 0 aliphatic carbocycles. The minimum Gasteiger partial charge on any atom is -0.299 e. The number of anilines is 1. The minimum absolute atomic E-state index is 0.275. The Bertz CT molecular complexity index is 750. The van der Waals surface area contributed by atoms with Crippen LogP contribution in [-0.2, 0) is 16.6 Å². The molecule has 0 radical (unpaired) electrons. The predicted molar refractivity (Wildman–Crippen MR) is 97.4 cm³/mol. The summed E-state index contributed by atoms with van der Waals surface area (Å²) < 4.78 is 27.3. The van der Waals surface area contributed by atoms with Crippen molar-refractivity contribution in [2.45, 2.75) is 31.2 Å². The molecule has 0 unspecified atom stereocenters. The Hall–Kier alpha value is -1.85. The summed E-state index contributed by atoms with van der Waals surface area (Å²) in [4.78, 5) is 2.74. The molecule has 24 heavy (non-hydrogen) atoms. The Kier molecular flexibility index (Phi) is 5.21. The van der Waals surface area contributed by atoms with Gasteiger partial charge in [0.15, 0.2) is 0 Å². The van der Waals surface area contributed by atoms with Crippen molar-refractivity contribution in [3.05, 3.63) is 60.2 Å². The van der Waals surface area contributed by atoms with Gasteiger partial charge in [-0.15, -0.1) is 0 Å². The zero-order valence-corrected chi connectivity index (χ0v) is 14.8. The van der Waals surface area contributed by atoms with Crippen molar-refractivity contribution in [2.75, 3.05) is 17.8 Å². The van der Waals surface area contributed by atoms with Crippen LogP contribution in [0.15, 0.2) is 59.5 Å². The molecule has 0 bridgehead atoms. The number of likely N-dealkylation sites (tertiary alicyclic amines) is 1. The summed E-state index contributed by atoms with van der Waals surface area (Å²) >= 11 is 0. The van der Waals surface area contributed by atoms with Gasteiger partial charge in [-0.1, -0.05) is 37.3 Å². The molecule has 2 aromatic carbocycles. The summed E-state index contributed by atoms with van der Waals surface area (Å²) in [5.74, 6) is 0.830. The number of nitrogens with one attached hydrogen (secondary N) is 1. The lowest BCUT2D eigenvalue weighted by Gasteiger charge is -2.30. The van der Waals surface area contributed by atoms with Crippen LogP contribution in [0.3, 0.4) is 0 Å². The number of hydrogen-bond donors (Lipinski definition) is 1. The Morgan fingerprint density at radius 2 is 1.62 bits per heavy atom. The van der Waals surface area contributed by atoms with E-state index in [0.29, 0.717) is 5.69 Å². The van der Waals surface area contributed by atoms with Gasteiger partial charge in [0.05, 0.1) is 4.90 Å². The van der Waals surface area contributed by atoms with Gasteiger partial charge in [-0.3, -0.25) is 9.62 Å². The quantitative estimate of drug-likeness (QED) is 0.899. The monoisotopic (exact) mass is 344 g/mol. The third-order valence-corrected chi connectivity index (χ3v) is 5.94. The molecular weight excluding hydrogens is 320 g/mol. The summed E-state index contributed by atoms with van der Waals surface area (Å²) in [6.07, 6.45) is 2.52. The highest BCUT2D eigenvalue weighted by atomic mass is 32.2. The van der Waals surface area contributed by atoms with E-state index in [1.807, 2.05) is 24.3 Å². The van der Waals surface area contributed by atoms with E-state index in [-0.39, 0.29) is 4.90 Å². The molecule has 4 nitrogen and oxygen atoms in total. The molecular formula is C19H24N2O2S. The Morgan fingerprint density at radius 3 is 2.25 bits per heavy atom. The molecule has 0 aromatic heterocycles. The maximum Gasteiger partial charge on any atom is 0.261 e. The average Bonchev–Trinajstić information content (AvgIpc) is 2.59. The lowest BCUT2D eigenvalue weighted by Crippen LogP contribution is -2.32. The SMILES string of the molecule is CC1CCN(Cc2ccc(NS(=O)(=O)c3ccccc3)cc2)CC1. The van der Waals surface area contributed by atoms with Crippen LogP contribution in [0.1, 0.15) is 25.3 Å². The van der Waals surface area contributed by atoms with Gasteiger partial charge >= 0.3 is 0 Å². The molecule has 2 aromatic rings. The van der Waals surface area contributed by atoms with Crippen LogP contribution in [-0.4, -0.2) is 26.4 Å². The first kappa shape index (κ1) is 17.0.